The smallest absolute Gasteiger partial charge is 0.0514 e. The number of nitrogens with zero attached hydrogens (tertiary/aromatic N) is 1. The van der Waals surface area contributed by atoms with E-state index in [0.717, 1.165) is 17.7 Å². The Morgan fingerprint density at radius 1 is 1.26 bits per heavy atom. The van der Waals surface area contributed by atoms with Crippen LogP contribution < -0.4 is 5.84 Å². The predicted octanol–water partition coefficient (Wildman–Crippen LogP) is 3.85. The van der Waals surface area contributed by atoms with Crippen LogP contribution in [0.4, 0.5) is 0 Å². The number of hydrogen-bond donors (Lipinski definition) is 1. The topological polar surface area (TPSA) is 29.3 Å². The van der Waals surface area contributed by atoms with E-state index >= 15 is 0 Å². The maximum atomic E-state index is 5.72. The van der Waals surface area contributed by atoms with Gasteiger partial charge in [-0.15, -0.1) is 0 Å². The Bertz CT molecular complexity index is 458. The van der Waals surface area contributed by atoms with E-state index in [2.05, 4.69) is 46.1 Å². The van der Waals surface area contributed by atoms with Crippen LogP contribution in [0, 0.1) is 11.8 Å². The van der Waals surface area contributed by atoms with Gasteiger partial charge in [0.15, 0.2) is 0 Å². The van der Waals surface area contributed by atoms with Crippen LogP contribution >= 0.6 is 0 Å². The van der Waals surface area contributed by atoms with Gasteiger partial charge in [-0.3, -0.25) is 0 Å². The summed E-state index contributed by atoms with van der Waals surface area (Å²) in [6.45, 7) is 14.9. The summed E-state index contributed by atoms with van der Waals surface area (Å²) in [5, 5.41) is 1.55. The van der Waals surface area contributed by atoms with Crippen molar-refractivity contribution in [2.24, 2.45) is 17.7 Å². The summed E-state index contributed by atoms with van der Waals surface area (Å²) in [4.78, 5) is 0. The normalized spacial score (nSPS) is 12.3. The van der Waals surface area contributed by atoms with Crippen LogP contribution in [0.1, 0.15) is 31.9 Å². The van der Waals surface area contributed by atoms with Gasteiger partial charge in [-0.2, -0.15) is 0 Å². The molecule has 0 heterocycles. The molecule has 1 aromatic carbocycles. The van der Waals surface area contributed by atoms with Crippen molar-refractivity contribution in [3.8, 4) is 0 Å². The van der Waals surface area contributed by atoms with Crippen molar-refractivity contribution < 1.29 is 0 Å². The lowest BCUT2D eigenvalue weighted by molar-refractivity contribution is 0.474. The molecule has 0 saturated heterocycles. The second-order valence-corrected chi connectivity index (χ2v) is 5.63. The third-order valence-corrected chi connectivity index (χ3v) is 3.76. The molecule has 2 N–H and O–H groups in total. The molecule has 1 unspecified atom stereocenters. The first-order valence-electron chi connectivity index (χ1n) is 6.77. The minimum Gasteiger partial charge on any atom is -0.314 e. The standard InChI is InChI=1S/C17H26N2/c1-12(2)14(4)13(3)10-16-8-7-9-17(11-16)15(5)19(6)18/h7-9,11-12,14H,3,5,10,18H2,1-2,4,6H3. The highest BCUT2D eigenvalue weighted by atomic mass is 15.4. The quantitative estimate of drug-likeness (QED) is 0.477. The van der Waals surface area contributed by atoms with Gasteiger partial charge in [-0.25, -0.2) is 5.84 Å². The van der Waals surface area contributed by atoms with Crippen molar-refractivity contribution in [1.29, 1.82) is 0 Å². The summed E-state index contributed by atoms with van der Waals surface area (Å²) in [5.41, 5.74) is 4.42. The number of hydrazine groups is 1. The van der Waals surface area contributed by atoms with Gasteiger partial charge in [0.05, 0.1) is 5.70 Å². The Balaban J connectivity index is 2.83. The zero-order chi connectivity index (χ0) is 14.6. The number of nitrogens with two attached hydrogens (primary N) is 1. The van der Waals surface area contributed by atoms with Gasteiger partial charge in [-0.05, 0) is 35.4 Å². The van der Waals surface area contributed by atoms with E-state index in [1.807, 2.05) is 12.1 Å². The molecule has 0 aliphatic carbocycles. The molecule has 0 radical (unpaired) electrons. The van der Waals surface area contributed by atoms with Crippen LogP contribution in [-0.2, 0) is 6.42 Å². The van der Waals surface area contributed by atoms with Crippen LogP contribution in [0.2, 0.25) is 0 Å². The van der Waals surface area contributed by atoms with Crippen molar-refractivity contribution in [2.75, 3.05) is 7.05 Å². The molecule has 2 nitrogen and oxygen atoms in total. The molecule has 0 amide bonds. The highest BCUT2D eigenvalue weighted by Gasteiger charge is 2.12. The average Bonchev–Trinajstić information content (AvgIpc) is 2.36. The van der Waals surface area contributed by atoms with Crippen molar-refractivity contribution in [3.63, 3.8) is 0 Å². The Morgan fingerprint density at radius 3 is 2.42 bits per heavy atom. The van der Waals surface area contributed by atoms with Gasteiger partial charge < -0.3 is 5.01 Å². The summed E-state index contributed by atoms with van der Waals surface area (Å²) < 4.78 is 0. The zero-order valence-electron chi connectivity index (χ0n) is 12.6. The Morgan fingerprint density at radius 2 is 1.89 bits per heavy atom. The lowest BCUT2D eigenvalue weighted by atomic mass is 9.87. The summed E-state index contributed by atoms with van der Waals surface area (Å²) in [6.07, 6.45) is 0.911. The Labute approximate surface area is 117 Å². The first-order chi connectivity index (χ1) is 8.82. The molecule has 2 heteroatoms. The predicted molar refractivity (Wildman–Crippen MR) is 84.3 cm³/mol. The molecule has 0 aliphatic heterocycles. The molecule has 0 aromatic heterocycles. The summed E-state index contributed by atoms with van der Waals surface area (Å²) in [5.74, 6) is 6.88. The monoisotopic (exact) mass is 258 g/mol. The molecule has 0 bridgehead atoms. The van der Waals surface area contributed by atoms with Gasteiger partial charge in [0.25, 0.3) is 0 Å². The second kappa shape index (κ2) is 6.58. The molecule has 0 fully saturated rings. The molecule has 0 saturated carbocycles. The second-order valence-electron chi connectivity index (χ2n) is 5.63. The average molecular weight is 258 g/mol. The van der Waals surface area contributed by atoms with Gasteiger partial charge in [0.2, 0.25) is 0 Å². The lowest BCUT2D eigenvalue weighted by Crippen LogP contribution is -2.23. The SMILES string of the molecule is C=C(Cc1cccc(C(=C)N(C)N)c1)C(C)C(C)C. The van der Waals surface area contributed by atoms with Crippen LogP contribution in [-0.4, -0.2) is 12.1 Å². The van der Waals surface area contributed by atoms with Gasteiger partial charge in [-0.1, -0.05) is 57.7 Å². The van der Waals surface area contributed by atoms with E-state index in [-0.39, 0.29) is 0 Å². The Kier molecular flexibility index (Phi) is 5.37. The van der Waals surface area contributed by atoms with E-state index in [1.54, 1.807) is 12.1 Å². The third-order valence-electron chi connectivity index (χ3n) is 3.76. The van der Waals surface area contributed by atoms with Crippen LogP contribution in [0.3, 0.4) is 0 Å². The molecular formula is C17H26N2. The molecule has 1 aromatic rings. The Hall–Kier alpha value is -1.54. The fourth-order valence-electron chi connectivity index (χ4n) is 1.96. The fourth-order valence-corrected chi connectivity index (χ4v) is 1.96. The van der Waals surface area contributed by atoms with Crippen molar-refractivity contribution in [2.45, 2.75) is 27.2 Å². The number of rotatable bonds is 6. The maximum Gasteiger partial charge on any atom is 0.0514 e. The van der Waals surface area contributed by atoms with E-state index in [1.165, 1.54) is 11.1 Å². The first-order valence-corrected chi connectivity index (χ1v) is 6.77. The number of benzene rings is 1. The van der Waals surface area contributed by atoms with E-state index in [4.69, 9.17) is 5.84 Å². The highest BCUT2D eigenvalue weighted by molar-refractivity contribution is 5.61. The van der Waals surface area contributed by atoms with Crippen LogP contribution in [0.15, 0.2) is 43.0 Å². The molecule has 0 aliphatic rings. The van der Waals surface area contributed by atoms with E-state index < -0.39 is 0 Å². The van der Waals surface area contributed by atoms with Crippen molar-refractivity contribution >= 4 is 5.70 Å². The minimum absolute atomic E-state index is 0.532. The highest BCUT2D eigenvalue weighted by Crippen LogP contribution is 2.23. The van der Waals surface area contributed by atoms with Gasteiger partial charge >= 0.3 is 0 Å². The van der Waals surface area contributed by atoms with Gasteiger partial charge in [0, 0.05) is 7.05 Å². The first kappa shape index (κ1) is 15.5. The maximum absolute atomic E-state index is 5.72. The lowest BCUT2D eigenvalue weighted by Gasteiger charge is -2.20. The van der Waals surface area contributed by atoms with Crippen LogP contribution in [0.5, 0.6) is 0 Å². The number of hydrogen-bond acceptors (Lipinski definition) is 2. The van der Waals surface area contributed by atoms with E-state index in [0.29, 0.717) is 11.8 Å². The summed E-state index contributed by atoms with van der Waals surface area (Å²) in [7, 11) is 1.80. The zero-order valence-corrected chi connectivity index (χ0v) is 12.6. The summed E-state index contributed by atoms with van der Waals surface area (Å²) in [6, 6.07) is 8.35. The molecule has 1 rings (SSSR count). The van der Waals surface area contributed by atoms with Crippen molar-refractivity contribution in [3.05, 3.63) is 54.1 Å². The summed E-state index contributed by atoms with van der Waals surface area (Å²) >= 11 is 0. The van der Waals surface area contributed by atoms with E-state index in [9.17, 15) is 0 Å². The largest absolute Gasteiger partial charge is 0.314 e. The molecule has 104 valence electrons. The third kappa shape index (κ3) is 4.25. The minimum atomic E-state index is 0.532. The molecular weight excluding hydrogens is 232 g/mol. The van der Waals surface area contributed by atoms with Crippen LogP contribution in [0.25, 0.3) is 5.70 Å². The fraction of sp³-hybridized carbons (Fsp3) is 0.412. The molecule has 1 atom stereocenters. The van der Waals surface area contributed by atoms with Crippen molar-refractivity contribution in [1.82, 2.24) is 5.01 Å². The molecule has 0 spiro atoms. The van der Waals surface area contributed by atoms with Gasteiger partial charge in [0.1, 0.15) is 0 Å². The molecule has 19 heavy (non-hydrogen) atoms. The number of allylic oxidation sites excluding steroid dienone is 1.